The molecule has 0 spiro atoms. The first kappa shape index (κ1) is 11.4. The second kappa shape index (κ2) is 4.86. The van der Waals surface area contributed by atoms with Gasteiger partial charge in [-0.05, 0) is 69.2 Å². The smallest absolute Gasteiger partial charge is 0.00414 e. The fourth-order valence-corrected chi connectivity index (χ4v) is 3.99. The van der Waals surface area contributed by atoms with E-state index in [1.165, 1.54) is 38.6 Å². The number of piperidine rings is 1. The minimum absolute atomic E-state index is 0.760. The first-order chi connectivity index (χ1) is 7.15. The van der Waals surface area contributed by atoms with Gasteiger partial charge in [0.1, 0.15) is 0 Å². The van der Waals surface area contributed by atoms with E-state index < -0.39 is 0 Å². The Labute approximate surface area is 95.0 Å². The van der Waals surface area contributed by atoms with E-state index in [1.807, 2.05) is 0 Å². The molecule has 1 heterocycles. The van der Waals surface area contributed by atoms with Crippen LogP contribution in [0.25, 0.3) is 0 Å². The van der Waals surface area contributed by atoms with Crippen LogP contribution in [0.5, 0.6) is 0 Å². The van der Waals surface area contributed by atoms with Gasteiger partial charge in [0, 0.05) is 6.04 Å². The lowest BCUT2D eigenvalue weighted by Gasteiger charge is -2.40. The van der Waals surface area contributed by atoms with Crippen LogP contribution >= 0.6 is 0 Å². The quantitative estimate of drug-likeness (QED) is 0.697. The molecule has 1 N–H and O–H groups in total. The van der Waals surface area contributed by atoms with Crippen LogP contribution in [-0.4, -0.2) is 12.6 Å². The van der Waals surface area contributed by atoms with Crippen LogP contribution in [0.1, 0.15) is 52.9 Å². The molecule has 1 nitrogen and oxygen atoms in total. The van der Waals surface area contributed by atoms with E-state index in [1.54, 1.807) is 0 Å². The van der Waals surface area contributed by atoms with Crippen molar-refractivity contribution in [2.24, 2.45) is 23.7 Å². The molecule has 1 saturated heterocycles. The van der Waals surface area contributed by atoms with Gasteiger partial charge in [0.25, 0.3) is 0 Å². The van der Waals surface area contributed by atoms with Gasteiger partial charge in [-0.2, -0.15) is 0 Å². The van der Waals surface area contributed by atoms with Gasteiger partial charge in [0.05, 0.1) is 0 Å². The Balaban J connectivity index is 1.91. The molecule has 0 aromatic rings. The Hall–Kier alpha value is -0.0400. The van der Waals surface area contributed by atoms with Crippen LogP contribution in [0, 0.1) is 23.7 Å². The van der Waals surface area contributed by atoms with Gasteiger partial charge in [-0.3, -0.25) is 0 Å². The molecule has 1 saturated carbocycles. The molecule has 1 aliphatic heterocycles. The lowest BCUT2D eigenvalue weighted by molar-refractivity contribution is 0.126. The molecule has 0 aromatic heterocycles. The highest BCUT2D eigenvalue weighted by Gasteiger charge is 2.31. The number of nitrogens with one attached hydrogen (secondary N) is 1. The fourth-order valence-electron chi connectivity index (χ4n) is 3.99. The van der Waals surface area contributed by atoms with Gasteiger partial charge in [-0.25, -0.2) is 0 Å². The van der Waals surface area contributed by atoms with Gasteiger partial charge in [0.15, 0.2) is 0 Å². The molecule has 0 aromatic carbocycles. The molecule has 2 rings (SSSR count). The summed E-state index contributed by atoms with van der Waals surface area (Å²) < 4.78 is 0. The third-order valence-corrected chi connectivity index (χ3v) is 4.55. The van der Waals surface area contributed by atoms with Crippen LogP contribution in [-0.2, 0) is 0 Å². The van der Waals surface area contributed by atoms with E-state index in [2.05, 4.69) is 26.1 Å². The average Bonchev–Trinajstić information content (AvgIpc) is 2.16. The number of rotatable bonds is 1. The zero-order chi connectivity index (χ0) is 10.8. The second-order valence-corrected chi connectivity index (χ2v) is 6.32. The summed E-state index contributed by atoms with van der Waals surface area (Å²) in [6, 6.07) is 0.760. The lowest BCUT2D eigenvalue weighted by Crippen LogP contribution is -2.39. The van der Waals surface area contributed by atoms with Crippen LogP contribution in [0.4, 0.5) is 0 Å². The molecule has 1 aliphatic carbocycles. The maximum atomic E-state index is 3.57. The molecule has 2 fully saturated rings. The van der Waals surface area contributed by atoms with Crippen LogP contribution < -0.4 is 5.32 Å². The SMILES string of the molecule is CC1CC(C)CC(C2CCNC(C)C2)C1. The Morgan fingerprint density at radius 1 is 0.800 bits per heavy atom. The highest BCUT2D eigenvalue weighted by atomic mass is 14.9. The summed E-state index contributed by atoms with van der Waals surface area (Å²) in [5, 5.41) is 3.57. The van der Waals surface area contributed by atoms with Crippen LogP contribution in [0.2, 0.25) is 0 Å². The molecule has 15 heavy (non-hydrogen) atoms. The van der Waals surface area contributed by atoms with Gasteiger partial charge >= 0.3 is 0 Å². The molecular formula is C14H27N. The van der Waals surface area contributed by atoms with E-state index in [4.69, 9.17) is 0 Å². The maximum absolute atomic E-state index is 3.57. The van der Waals surface area contributed by atoms with Crippen LogP contribution in [0.3, 0.4) is 0 Å². The molecule has 0 amide bonds. The monoisotopic (exact) mass is 209 g/mol. The predicted molar refractivity (Wildman–Crippen MR) is 65.9 cm³/mol. The normalized spacial score (nSPS) is 47.8. The Kier molecular flexibility index (Phi) is 3.71. The Morgan fingerprint density at radius 3 is 2.07 bits per heavy atom. The van der Waals surface area contributed by atoms with Crippen LogP contribution in [0.15, 0.2) is 0 Å². The first-order valence-electron chi connectivity index (χ1n) is 6.88. The van der Waals surface area contributed by atoms with E-state index in [0.717, 1.165) is 29.7 Å². The minimum atomic E-state index is 0.760. The molecule has 0 radical (unpaired) electrons. The van der Waals surface area contributed by atoms with Gasteiger partial charge in [0.2, 0.25) is 0 Å². The van der Waals surface area contributed by atoms with Crippen molar-refractivity contribution >= 4 is 0 Å². The zero-order valence-electron chi connectivity index (χ0n) is 10.6. The van der Waals surface area contributed by atoms with Crippen molar-refractivity contribution in [3.8, 4) is 0 Å². The van der Waals surface area contributed by atoms with Crippen molar-refractivity contribution in [2.75, 3.05) is 6.54 Å². The molecule has 2 aliphatic rings. The summed E-state index contributed by atoms with van der Waals surface area (Å²) in [6.45, 7) is 8.51. The van der Waals surface area contributed by atoms with Gasteiger partial charge in [-0.1, -0.05) is 13.8 Å². The van der Waals surface area contributed by atoms with E-state index in [9.17, 15) is 0 Å². The summed E-state index contributed by atoms with van der Waals surface area (Å²) >= 11 is 0. The third kappa shape index (κ3) is 2.96. The Bertz CT molecular complexity index is 192. The van der Waals surface area contributed by atoms with E-state index in [-0.39, 0.29) is 0 Å². The van der Waals surface area contributed by atoms with Crippen molar-refractivity contribution in [1.82, 2.24) is 5.32 Å². The molecule has 88 valence electrons. The number of hydrogen-bond acceptors (Lipinski definition) is 1. The topological polar surface area (TPSA) is 12.0 Å². The van der Waals surface area contributed by atoms with E-state index in [0.29, 0.717) is 0 Å². The molecule has 1 heteroatoms. The molecule has 4 atom stereocenters. The van der Waals surface area contributed by atoms with Crippen molar-refractivity contribution in [3.05, 3.63) is 0 Å². The van der Waals surface area contributed by atoms with Crippen molar-refractivity contribution < 1.29 is 0 Å². The molecular weight excluding hydrogens is 182 g/mol. The Morgan fingerprint density at radius 2 is 1.47 bits per heavy atom. The molecule has 0 bridgehead atoms. The van der Waals surface area contributed by atoms with Gasteiger partial charge in [-0.15, -0.1) is 0 Å². The summed E-state index contributed by atoms with van der Waals surface area (Å²) in [5.74, 6) is 4.01. The zero-order valence-corrected chi connectivity index (χ0v) is 10.6. The van der Waals surface area contributed by atoms with E-state index >= 15 is 0 Å². The van der Waals surface area contributed by atoms with Crippen molar-refractivity contribution in [2.45, 2.75) is 58.9 Å². The fraction of sp³-hybridized carbons (Fsp3) is 1.00. The standard InChI is InChI=1S/C14H27N/c1-10-6-11(2)8-14(7-10)13-4-5-15-12(3)9-13/h10-15H,4-9H2,1-3H3. The highest BCUT2D eigenvalue weighted by Crippen LogP contribution is 2.40. The van der Waals surface area contributed by atoms with Crippen molar-refractivity contribution in [3.63, 3.8) is 0 Å². The first-order valence-corrected chi connectivity index (χ1v) is 6.88. The summed E-state index contributed by atoms with van der Waals surface area (Å²) in [5.41, 5.74) is 0. The highest BCUT2D eigenvalue weighted by molar-refractivity contribution is 4.84. The predicted octanol–water partition coefficient (Wildman–Crippen LogP) is 3.45. The van der Waals surface area contributed by atoms with Crippen molar-refractivity contribution in [1.29, 1.82) is 0 Å². The maximum Gasteiger partial charge on any atom is 0.00414 e. The average molecular weight is 209 g/mol. The van der Waals surface area contributed by atoms with Gasteiger partial charge < -0.3 is 5.32 Å². The minimum Gasteiger partial charge on any atom is -0.314 e. The number of hydrogen-bond donors (Lipinski definition) is 1. The summed E-state index contributed by atoms with van der Waals surface area (Å²) in [7, 11) is 0. The summed E-state index contributed by atoms with van der Waals surface area (Å²) in [4.78, 5) is 0. The lowest BCUT2D eigenvalue weighted by atomic mass is 9.68. The molecule has 4 unspecified atom stereocenters. The third-order valence-electron chi connectivity index (χ3n) is 4.55. The second-order valence-electron chi connectivity index (χ2n) is 6.32. The largest absolute Gasteiger partial charge is 0.314 e. The summed E-state index contributed by atoms with van der Waals surface area (Å²) in [6.07, 6.45) is 7.32.